The largest absolute Gasteiger partial charge is 0.354 e. The molecule has 0 radical (unpaired) electrons. The average molecular weight is 384 g/mol. The summed E-state index contributed by atoms with van der Waals surface area (Å²) >= 11 is 0. The van der Waals surface area contributed by atoms with Gasteiger partial charge in [-0.1, -0.05) is 6.92 Å². The summed E-state index contributed by atoms with van der Waals surface area (Å²) < 4.78 is 0. The summed E-state index contributed by atoms with van der Waals surface area (Å²) in [7, 11) is 0. The standard InChI is InChI=1S/C18H29N5O2.ClH/c1-2-14-9-17(24)22-16(21-14)12-23-8-4-5-13(11-23)10-20-18(25)15-6-3-7-19-15;/h9,13,15,19H,2-8,10-12H2,1H3,(H,20,25)(H,21,22,24);1H. The van der Waals surface area contributed by atoms with Crippen molar-refractivity contribution in [2.45, 2.75) is 51.6 Å². The average Bonchev–Trinajstić information content (AvgIpc) is 3.14. The molecule has 7 nitrogen and oxygen atoms in total. The number of hydrogen-bond acceptors (Lipinski definition) is 5. The molecular formula is C18H30ClN5O2. The topological polar surface area (TPSA) is 90.1 Å². The molecule has 0 bridgehead atoms. The Bertz CT molecular complexity index is 645. The van der Waals surface area contributed by atoms with Gasteiger partial charge < -0.3 is 15.6 Å². The maximum atomic E-state index is 12.1. The van der Waals surface area contributed by atoms with Gasteiger partial charge in [-0.15, -0.1) is 12.4 Å². The fraction of sp³-hybridized carbons (Fsp3) is 0.722. The summed E-state index contributed by atoms with van der Waals surface area (Å²) in [4.78, 5) is 33.5. The second kappa shape index (κ2) is 10.0. The fourth-order valence-corrected chi connectivity index (χ4v) is 3.77. The van der Waals surface area contributed by atoms with Crippen LogP contribution < -0.4 is 16.2 Å². The van der Waals surface area contributed by atoms with Gasteiger partial charge in [-0.3, -0.25) is 14.5 Å². The molecule has 1 amide bonds. The van der Waals surface area contributed by atoms with E-state index in [-0.39, 0.29) is 29.9 Å². The first-order chi connectivity index (χ1) is 12.1. The molecule has 3 rings (SSSR count). The van der Waals surface area contributed by atoms with Crippen LogP contribution in [0, 0.1) is 5.92 Å². The van der Waals surface area contributed by atoms with Gasteiger partial charge in [0, 0.05) is 24.8 Å². The van der Waals surface area contributed by atoms with Crippen LogP contribution in [0.25, 0.3) is 0 Å². The van der Waals surface area contributed by atoms with Gasteiger partial charge in [-0.25, -0.2) is 4.98 Å². The van der Waals surface area contributed by atoms with Crippen molar-refractivity contribution in [1.29, 1.82) is 0 Å². The minimum Gasteiger partial charge on any atom is -0.354 e. The van der Waals surface area contributed by atoms with Gasteiger partial charge in [0.05, 0.1) is 12.6 Å². The van der Waals surface area contributed by atoms with Gasteiger partial charge in [0.2, 0.25) is 5.91 Å². The number of carbonyl (C=O) groups is 1. The van der Waals surface area contributed by atoms with Crippen LogP contribution in [0.1, 0.15) is 44.1 Å². The molecule has 26 heavy (non-hydrogen) atoms. The van der Waals surface area contributed by atoms with Gasteiger partial charge in [-0.2, -0.15) is 0 Å². The van der Waals surface area contributed by atoms with Crippen LogP contribution >= 0.6 is 12.4 Å². The molecule has 8 heteroatoms. The summed E-state index contributed by atoms with van der Waals surface area (Å²) in [6, 6.07) is 1.56. The lowest BCUT2D eigenvalue weighted by Gasteiger charge is -2.32. The zero-order valence-corrected chi connectivity index (χ0v) is 16.2. The molecule has 1 aromatic rings. The van der Waals surface area contributed by atoms with E-state index in [1.54, 1.807) is 6.07 Å². The third-order valence-electron chi connectivity index (χ3n) is 5.12. The van der Waals surface area contributed by atoms with Crippen molar-refractivity contribution in [3.63, 3.8) is 0 Å². The fourth-order valence-electron chi connectivity index (χ4n) is 3.77. The Morgan fingerprint density at radius 1 is 1.38 bits per heavy atom. The molecule has 2 atom stereocenters. The van der Waals surface area contributed by atoms with Gasteiger partial charge in [0.1, 0.15) is 5.82 Å². The summed E-state index contributed by atoms with van der Waals surface area (Å²) in [5, 5.41) is 6.34. The van der Waals surface area contributed by atoms with Gasteiger partial charge in [0.15, 0.2) is 0 Å². The summed E-state index contributed by atoms with van der Waals surface area (Å²) in [6.45, 7) is 6.28. The maximum absolute atomic E-state index is 12.1. The molecule has 0 aromatic carbocycles. The van der Waals surface area contributed by atoms with E-state index in [1.807, 2.05) is 6.92 Å². The van der Waals surface area contributed by atoms with E-state index < -0.39 is 0 Å². The highest BCUT2D eigenvalue weighted by Crippen LogP contribution is 2.17. The zero-order chi connectivity index (χ0) is 17.6. The van der Waals surface area contributed by atoms with Crippen LogP contribution in [0.2, 0.25) is 0 Å². The molecule has 2 unspecified atom stereocenters. The van der Waals surface area contributed by atoms with E-state index >= 15 is 0 Å². The number of nitrogens with zero attached hydrogens (tertiary/aromatic N) is 2. The van der Waals surface area contributed by atoms with Crippen molar-refractivity contribution >= 4 is 18.3 Å². The Balaban J connectivity index is 0.00000243. The van der Waals surface area contributed by atoms with Crippen molar-refractivity contribution < 1.29 is 4.79 Å². The number of H-pyrrole nitrogens is 1. The molecule has 2 saturated heterocycles. The van der Waals surface area contributed by atoms with Crippen molar-refractivity contribution in [3.05, 3.63) is 27.9 Å². The van der Waals surface area contributed by atoms with E-state index in [0.29, 0.717) is 12.5 Å². The first-order valence-electron chi connectivity index (χ1n) is 9.46. The molecule has 0 aliphatic carbocycles. The van der Waals surface area contributed by atoms with Crippen molar-refractivity contribution in [3.8, 4) is 0 Å². The van der Waals surface area contributed by atoms with Crippen LogP contribution in [0.3, 0.4) is 0 Å². The lowest BCUT2D eigenvalue weighted by atomic mass is 9.98. The van der Waals surface area contributed by atoms with E-state index in [4.69, 9.17) is 0 Å². The van der Waals surface area contributed by atoms with Crippen molar-refractivity contribution in [2.75, 3.05) is 26.2 Å². The molecule has 2 fully saturated rings. The zero-order valence-electron chi connectivity index (χ0n) is 15.4. The quantitative estimate of drug-likeness (QED) is 0.677. The monoisotopic (exact) mass is 383 g/mol. The normalized spacial score (nSPS) is 23.4. The summed E-state index contributed by atoms with van der Waals surface area (Å²) in [5.41, 5.74) is 0.760. The Hall–Kier alpha value is -1.44. The Labute approximate surface area is 160 Å². The molecule has 146 valence electrons. The SMILES string of the molecule is CCc1cc(=O)[nH]c(CN2CCCC(CNC(=O)C3CCCN3)C2)n1.Cl. The minimum atomic E-state index is -0.0771. The van der Waals surface area contributed by atoms with E-state index in [2.05, 4.69) is 25.5 Å². The lowest BCUT2D eigenvalue weighted by Crippen LogP contribution is -2.45. The van der Waals surface area contributed by atoms with Crippen molar-refractivity contribution in [2.24, 2.45) is 5.92 Å². The van der Waals surface area contributed by atoms with E-state index in [1.165, 1.54) is 0 Å². The Morgan fingerprint density at radius 2 is 2.23 bits per heavy atom. The summed E-state index contributed by atoms with van der Waals surface area (Å²) in [6.07, 6.45) is 5.03. The first kappa shape index (κ1) is 20.9. The molecule has 3 N–H and O–H groups in total. The number of aromatic nitrogens is 2. The number of rotatable bonds is 6. The molecule has 2 aliphatic heterocycles. The van der Waals surface area contributed by atoms with Crippen LogP contribution in [0.5, 0.6) is 0 Å². The van der Waals surface area contributed by atoms with Crippen LogP contribution in [-0.4, -0.2) is 53.0 Å². The maximum Gasteiger partial charge on any atom is 0.251 e. The van der Waals surface area contributed by atoms with E-state index in [0.717, 1.165) is 69.8 Å². The lowest BCUT2D eigenvalue weighted by molar-refractivity contribution is -0.123. The van der Waals surface area contributed by atoms with Crippen LogP contribution in [0.4, 0.5) is 0 Å². The number of hydrogen-bond donors (Lipinski definition) is 3. The number of amides is 1. The van der Waals surface area contributed by atoms with Gasteiger partial charge in [-0.05, 0) is 51.1 Å². The smallest absolute Gasteiger partial charge is 0.251 e. The van der Waals surface area contributed by atoms with Gasteiger partial charge >= 0.3 is 0 Å². The summed E-state index contributed by atoms with van der Waals surface area (Å²) in [5.74, 6) is 1.33. The number of nitrogens with one attached hydrogen (secondary N) is 3. The highest BCUT2D eigenvalue weighted by Gasteiger charge is 2.25. The second-order valence-corrected chi connectivity index (χ2v) is 7.17. The third kappa shape index (κ3) is 5.79. The molecule has 0 saturated carbocycles. The number of likely N-dealkylation sites (tertiary alicyclic amines) is 1. The predicted molar refractivity (Wildman–Crippen MR) is 104 cm³/mol. The Morgan fingerprint density at radius 3 is 2.96 bits per heavy atom. The number of aromatic amines is 1. The number of aryl methyl sites for hydroxylation is 1. The highest BCUT2D eigenvalue weighted by atomic mass is 35.5. The number of carbonyl (C=O) groups excluding carboxylic acids is 1. The predicted octanol–water partition coefficient (Wildman–Crippen LogP) is 0.834. The first-order valence-corrected chi connectivity index (χ1v) is 9.46. The highest BCUT2D eigenvalue weighted by molar-refractivity contribution is 5.85. The molecular weight excluding hydrogens is 354 g/mol. The molecule has 1 aromatic heterocycles. The van der Waals surface area contributed by atoms with E-state index in [9.17, 15) is 9.59 Å². The van der Waals surface area contributed by atoms with Gasteiger partial charge in [0.25, 0.3) is 5.56 Å². The third-order valence-corrected chi connectivity index (χ3v) is 5.12. The number of halogens is 1. The molecule has 2 aliphatic rings. The second-order valence-electron chi connectivity index (χ2n) is 7.17. The Kier molecular flexibility index (Phi) is 8.06. The van der Waals surface area contributed by atoms with Crippen LogP contribution in [-0.2, 0) is 17.8 Å². The molecule has 0 spiro atoms. The molecule has 3 heterocycles. The van der Waals surface area contributed by atoms with Crippen molar-refractivity contribution in [1.82, 2.24) is 25.5 Å². The number of piperidine rings is 1. The minimum absolute atomic E-state index is 0. The van der Waals surface area contributed by atoms with Crippen LogP contribution in [0.15, 0.2) is 10.9 Å².